The van der Waals surface area contributed by atoms with E-state index in [1.54, 1.807) is 48.5 Å². The number of nitrogens with zero attached hydrogens (tertiary/aromatic N) is 1. The highest BCUT2D eigenvalue weighted by Gasteiger charge is 2.15. The van der Waals surface area contributed by atoms with Gasteiger partial charge in [-0.2, -0.15) is 5.10 Å². The molecule has 3 N–H and O–H groups in total. The number of carbonyl (C=O) groups excluding carboxylic acids is 3. The summed E-state index contributed by atoms with van der Waals surface area (Å²) in [4.78, 5) is 36.1. The van der Waals surface area contributed by atoms with Crippen LogP contribution in [0.5, 0.6) is 17.2 Å². The van der Waals surface area contributed by atoms with Crippen LogP contribution in [0.1, 0.15) is 16.7 Å². The van der Waals surface area contributed by atoms with Crippen molar-refractivity contribution in [3.8, 4) is 17.2 Å². The Bertz CT molecular complexity index is 1340. The van der Waals surface area contributed by atoms with Crippen molar-refractivity contribution in [1.82, 2.24) is 10.7 Å². The SMILES string of the molecule is Cc1ccc(NC(=O)COc2ccc(/C=N\NC(=O)C(=O)NCc3ccc4c(c3)OCO4)cc2Cl)cc1. The van der Waals surface area contributed by atoms with Crippen LogP contribution in [0, 0.1) is 6.92 Å². The lowest BCUT2D eigenvalue weighted by Crippen LogP contribution is -2.37. The number of fused-ring (bicyclic) bond motifs is 1. The highest BCUT2D eigenvalue weighted by Crippen LogP contribution is 2.32. The molecular weight excluding hydrogens is 500 g/mol. The zero-order chi connectivity index (χ0) is 26.2. The van der Waals surface area contributed by atoms with Crippen LogP contribution in [-0.4, -0.2) is 37.3 Å². The molecule has 0 saturated carbocycles. The Morgan fingerprint density at radius 2 is 1.78 bits per heavy atom. The van der Waals surface area contributed by atoms with Crippen molar-refractivity contribution in [2.45, 2.75) is 13.5 Å². The number of hydrazone groups is 1. The van der Waals surface area contributed by atoms with Crippen molar-refractivity contribution in [2.75, 3.05) is 18.7 Å². The van der Waals surface area contributed by atoms with Gasteiger partial charge in [0.1, 0.15) is 5.75 Å². The number of hydrogen-bond acceptors (Lipinski definition) is 7. The lowest BCUT2D eigenvalue weighted by molar-refractivity contribution is -0.139. The summed E-state index contributed by atoms with van der Waals surface area (Å²) in [6.45, 7) is 2.02. The summed E-state index contributed by atoms with van der Waals surface area (Å²) in [6.07, 6.45) is 1.32. The summed E-state index contributed by atoms with van der Waals surface area (Å²) in [7, 11) is 0. The minimum atomic E-state index is -0.928. The van der Waals surface area contributed by atoms with Gasteiger partial charge in [0.05, 0.1) is 11.2 Å². The molecule has 3 aromatic rings. The Hall–Kier alpha value is -4.57. The molecule has 0 unspecified atom stereocenters. The first-order chi connectivity index (χ1) is 17.9. The number of amides is 3. The Balaban J connectivity index is 1.21. The van der Waals surface area contributed by atoms with Crippen molar-refractivity contribution < 1.29 is 28.6 Å². The zero-order valence-electron chi connectivity index (χ0n) is 19.7. The number of halogens is 1. The third-order valence-corrected chi connectivity index (χ3v) is 5.42. The molecule has 37 heavy (non-hydrogen) atoms. The predicted octanol–water partition coefficient (Wildman–Crippen LogP) is 3.16. The number of anilines is 1. The second kappa shape index (κ2) is 11.9. The minimum absolute atomic E-state index is 0.132. The lowest BCUT2D eigenvalue weighted by atomic mass is 10.2. The van der Waals surface area contributed by atoms with Gasteiger partial charge >= 0.3 is 11.8 Å². The van der Waals surface area contributed by atoms with Crippen LogP contribution in [0.2, 0.25) is 5.02 Å². The van der Waals surface area contributed by atoms with Gasteiger partial charge in [0.15, 0.2) is 18.1 Å². The van der Waals surface area contributed by atoms with E-state index >= 15 is 0 Å². The topological polar surface area (TPSA) is 127 Å². The first kappa shape index (κ1) is 25.5. The third-order valence-electron chi connectivity index (χ3n) is 5.13. The molecule has 0 aliphatic carbocycles. The molecule has 11 heteroatoms. The first-order valence-corrected chi connectivity index (χ1v) is 11.5. The van der Waals surface area contributed by atoms with E-state index in [0.717, 1.165) is 11.1 Å². The van der Waals surface area contributed by atoms with Crippen LogP contribution in [0.25, 0.3) is 0 Å². The number of hydrogen-bond donors (Lipinski definition) is 3. The average molecular weight is 523 g/mol. The molecule has 0 fully saturated rings. The van der Waals surface area contributed by atoms with E-state index in [0.29, 0.717) is 28.5 Å². The average Bonchev–Trinajstić information content (AvgIpc) is 3.36. The molecule has 190 valence electrons. The summed E-state index contributed by atoms with van der Waals surface area (Å²) < 4.78 is 16.0. The first-order valence-electron chi connectivity index (χ1n) is 11.2. The van der Waals surface area contributed by atoms with Gasteiger partial charge in [0, 0.05) is 12.2 Å². The molecule has 1 aliphatic rings. The largest absolute Gasteiger partial charge is 0.482 e. The van der Waals surface area contributed by atoms with Crippen LogP contribution in [0.15, 0.2) is 65.8 Å². The molecule has 4 rings (SSSR count). The van der Waals surface area contributed by atoms with Crippen LogP contribution in [0.3, 0.4) is 0 Å². The lowest BCUT2D eigenvalue weighted by Gasteiger charge is -2.09. The van der Waals surface area contributed by atoms with E-state index in [-0.39, 0.29) is 30.9 Å². The molecule has 0 radical (unpaired) electrons. The Kier molecular flexibility index (Phi) is 8.22. The van der Waals surface area contributed by atoms with Gasteiger partial charge in [-0.3, -0.25) is 14.4 Å². The maximum absolute atomic E-state index is 12.1. The van der Waals surface area contributed by atoms with Crippen molar-refractivity contribution in [1.29, 1.82) is 0 Å². The molecular formula is C26H23ClN4O6. The van der Waals surface area contributed by atoms with Crippen LogP contribution in [-0.2, 0) is 20.9 Å². The van der Waals surface area contributed by atoms with E-state index in [4.69, 9.17) is 25.8 Å². The van der Waals surface area contributed by atoms with Crippen LogP contribution >= 0.6 is 11.6 Å². The molecule has 1 aliphatic heterocycles. The Morgan fingerprint density at radius 1 is 1.00 bits per heavy atom. The van der Waals surface area contributed by atoms with Gasteiger partial charge < -0.3 is 24.8 Å². The van der Waals surface area contributed by atoms with Crippen molar-refractivity contribution >= 4 is 41.2 Å². The molecule has 3 amide bonds. The molecule has 0 saturated heterocycles. The number of benzene rings is 3. The summed E-state index contributed by atoms with van der Waals surface area (Å²) >= 11 is 6.23. The van der Waals surface area contributed by atoms with E-state index in [1.165, 1.54) is 6.21 Å². The number of ether oxygens (including phenoxy) is 3. The number of aryl methyl sites for hydroxylation is 1. The number of carbonyl (C=O) groups is 3. The van der Waals surface area contributed by atoms with E-state index < -0.39 is 11.8 Å². The second-order valence-electron chi connectivity index (χ2n) is 7.96. The molecule has 0 aromatic heterocycles. The monoisotopic (exact) mass is 522 g/mol. The predicted molar refractivity (Wildman–Crippen MR) is 137 cm³/mol. The summed E-state index contributed by atoms with van der Waals surface area (Å²) in [5, 5.41) is 9.27. The van der Waals surface area contributed by atoms with Gasteiger partial charge in [-0.05, 0) is 60.5 Å². The van der Waals surface area contributed by atoms with Crippen molar-refractivity contribution in [3.05, 3.63) is 82.4 Å². The maximum Gasteiger partial charge on any atom is 0.329 e. The second-order valence-corrected chi connectivity index (χ2v) is 8.37. The minimum Gasteiger partial charge on any atom is -0.482 e. The van der Waals surface area contributed by atoms with Gasteiger partial charge in [-0.1, -0.05) is 35.4 Å². The summed E-state index contributed by atoms with van der Waals surface area (Å²) in [5.74, 6) is -0.579. The molecule has 3 aromatic carbocycles. The standard InChI is InChI=1S/C26H23ClN4O6/c1-16-2-6-19(7-3-16)30-24(32)14-35-21-8-4-17(10-20(21)27)13-29-31-26(34)25(33)28-12-18-5-9-22-23(11-18)37-15-36-22/h2-11,13H,12,14-15H2,1H3,(H,28,33)(H,30,32)(H,31,34)/b29-13-. The fourth-order valence-electron chi connectivity index (χ4n) is 3.22. The fraction of sp³-hybridized carbons (Fsp3) is 0.154. The molecule has 1 heterocycles. The van der Waals surface area contributed by atoms with E-state index in [9.17, 15) is 14.4 Å². The Labute approximate surface area is 217 Å². The van der Waals surface area contributed by atoms with Crippen LogP contribution in [0.4, 0.5) is 5.69 Å². The smallest absolute Gasteiger partial charge is 0.329 e. The van der Waals surface area contributed by atoms with E-state index in [1.807, 2.05) is 19.1 Å². The molecule has 0 spiro atoms. The highest BCUT2D eigenvalue weighted by atomic mass is 35.5. The summed E-state index contributed by atoms with van der Waals surface area (Å²) in [6, 6.07) is 17.4. The molecule has 0 bridgehead atoms. The Morgan fingerprint density at radius 3 is 2.57 bits per heavy atom. The molecule has 0 atom stereocenters. The van der Waals surface area contributed by atoms with Gasteiger partial charge in [0.25, 0.3) is 5.91 Å². The fourth-order valence-corrected chi connectivity index (χ4v) is 3.46. The van der Waals surface area contributed by atoms with Crippen molar-refractivity contribution in [2.24, 2.45) is 5.10 Å². The quantitative estimate of drug-likeness (QED) is 0.237. The van der Waals surface area contributed by atoms with Crippen molar-refractivity contribution in [3.63, 3.8) is 0 Å². The molecule has 10 nitrogen and oxygen atoms in total. The third kappa shape index (κ3) is 7.21. The maximum atomic E-state index is 12.1. The van der Waals surface area contributed by atoms with Gasteiger partial charge in [-0.15, -0.1) is 0 Å². The van der Waals surface area contributed by atoms with Gasteiger partial charge in [-0.25, -0.2) is 5.43 Å². The highest BCUT2D eigenvalue weighted by molar-refractivity contribution is 6.35. The normalized spacial score (nSPS) is 11.7. The van der Waals surface area contributed by atoms with Gasteiger partial charge in [0.2, 0.25) is 6.79 Å². The zero-order valence-corrected chi connectivity index (χ0v) is 20.5. The number of nitrogens with one attached hydrogen (secondary N) is 3. The van der Waals surface area contributed by atoms with E-state index in [2.05, 4.69) is 21.2 Å². The number of rotatable bonds is 8. The summed E-state index contributed by atoms with van der Waals surface area (Å²) in [5.41, 5.74) is 5.20. The van der Waals surface area contributed by atoms with Crippen LogP contribution < -0.4 is 30.3 Å².